The van der Waals surface area contributed by atoms with Crippen LogP contribution in [0.25, 0.3) is 0 Å². The molecule has 0 atom stereocenters. The fourth-order valence-corrected chi connectivity index (χ4v) is 3.08. The lowest BCUT2D eigenvalue weighted by molar-refractivity contribution is 0.0963. The van der Waals surface area contributed by atoms with Gasteiger partial charge in [-0.15, -0.1) is 0 Å². The number of aliphatic imine (C=N–C) groups is 1. The molecule has 1 fully saturated rings. The van der Waals surface area contributed by atoms with Gasteiger partial charge in [0.2, 0.25) is 0 Å². The second-order valence-corrected chi connectivity index (χ2v) is 6.52. The standard InChI is InChI=1S/C20H32N4O2/c1-4-16-6-8-17(9-7-16)10-13-22-19(21-3)23-18-11-14-24(15-12-18)20(25)26-5-2/h6-9,18H,4-5,10-15H2,1-3H3,(H2,21,22,23). The van der Waals surface area contributed by atoms with Crippen LogP contribution >= 0.6 is 0 Å². The molecule has 6 heteroatoms. The Labute approximate surface area is 157 Å². The molecule has 144 valence electrons. The van der Waals surface area contributed by atoms with Gasteiger partial charge in [-0.3, -0.25) is 4.99 Å². The van der Waals surface area contributed by atoms with Crippen LogP contribution in [-0.2, 0) is 17.6 Å². The molecule has 6 nitrogen and oxygen atoms in total. The number of hydrogen-bond donors (Lipinski definition) is 2. The molecular weight excluding hydrogens is 328 g/mol. The fourth-order valence-electron chi connectivity index (χ4n) is 3.08. The maximum Gasteiger partial charge on any atom is 0.409 e. The number of hydrogen-bond acceptors (Lipinski definition) is 3. The molecular formula is C20H32N4O2. The van der Waals surface area contributed by atoms with Crippen LogP contribution in [0.15, 0.2) is 29.3 Å². The van der Waals surface area contributed by atoms with Crippen LogP contribution < -0.4 is 10.6 Å². The largest absolute Gasteiger partial charge is 0.450 e. The number of ether oxygens (including phenoxy) is 1. The van der Waals surface area contributed by atoms with Gasteiger partial charge >= 0.3 is 6.09 Å². The van der Waals surface area contributed by atoms with Gasteiger partial charge in [0, 0.05) is 32.7 Å². The van der Waals surface area contributed by atoms with Crippen LogP contribution in [0.2, 0.25) is 0 Å². The van der Waals surface area contributed by atoms with Crippen molar-refractivity contribution in [1.29, 1.82) is 0 Å². The number of amides is 1. The molecule has 0 aliphatic carbocycles. The Balaban J connectivity index is 1.70. The summed E-state index contributed by atoms with van der Waals surface area (Å²) in [7, 11) is 1.79. The minimum absolute atomic E-state index is 0.206. The number of nitrogens with one attached hydrogen (secondary N) is 2. The van der Waals surface area contributed by atoms with Crippen molar-refractivity contribution in [1.82, 2.24) is 15.5 Å². The topological polar surface area (TPSA) is 66.0 Å². The highest BCUT2D eigenvalue weighted by Gasteiger charge is 2.23. The molecule has 0 aromatic heterocycles. The summed E-state index contributed by atoms with van der Waals surface area (Å²) in [5, 5.41) is 6.84. The smallest absolute Gasteiger partial charge is 0.409 e. The van der Waals surface area contributed by atoms with E-state index in [0.29, 0.717) is 12.6 Å². The van der Waals surface area contributed by atoms with Crippen molar-refractivity contribution >= 4 is 12.1 Å². The quantitative estimate of drug-likeness (QED) is 0.604. The zero-order valence-corrected chi connectivity index (χ0v) is 16.3. The van der Waals surface area contributed by atoms with Crippen LogP contribution in [0.5, 0.6) is 0 Å². The molecule has 0 unspecified atom stereocenters. The number of likely N-dealkylation sites (tertiary alicyclic amines) is 1. The van der Waals surface area contributed by atoms with Crippen LogP contribution in [0.1, 0.15) is 37.8 Å². The number of carbonyl (C=O) groups excluding carboxylic acids is 1. The number of aryl methyl sites for hydroxylation is 1. The van der Waals surface area contributed by atoms with Crippen molar-refractivity contribution in [3.63, 3.8) is 0 Å². The maximum atomic E-state index is 11.7. The van der Waals surface area contributed by atoms with Crippen molar-refractivity contribution < 1.29 is 9.53 Å². The van der Waals surface area contributed by atoms with E-state index in [-0.39, 0.29) is 6.09 Å². The Kier molecular flexibility index (Phi) is 8.25. The summed E-state index contributed by atoms with van der Waals surface area (Å²) >= 11 is 0. The van der Waals surface area contributed by atoms with Gasteiger partial charge in [0.25, 0.3) is 0 Å². The van der Waals surface area contributed by atoms with E-state index in [2.05, 4.69) is 46.8 Å². The van der Waals surface area contributed by atoms with Crippen molar-refractivity contribution in [3.8, 4) is 0 Å². The van der Waals surface area contributed by atoms with Gasteiger partial charge in [-0.1, -0.05) is 31.2 Å². The highest BCUT2D eigenvalue weighted by Crippen LogP contribution is 2.11. The Bertz CT molecular complexity index is 578. The second-order valence-electron chi connectivity index (χ2n) is 6.52. The molecule has 1 heterocycles. The van der Waals surface area contributed by atoms with E-state index in [1.165, 1.54) is 11.1 Å². The molecule has 1 aliphatic heterocycles. The summed E-state index contributed by atoms with van der Waals surface area (Å²) in [5.41, 5.74) is 2.70. The van der Waals surface area contributed by atoms with Gasteiger partial charge in [-0.05, 0) is 43.7 Å². The second kappa shape index (κ2) is 10.7. The number of nitrogens with zero attached hydrogens (tertiary/aromatic N) is 2. The van der Waals surface area contributed by atoms with Crippen LogP contribution in [0.4, 0.5) is 4.79 Å². The van der Waals surface area contributed by atoms with Crippen LogP contribution in [-0.4, -0.2) is 56.3 Å². The molecule has 0 bridgehead atoms. The number of benzene rings is 1. The predicted molar refractivity (Wildman–Crippen MR) is 106 cm³/mol. The summed E-state index contributed by atoms with van der Waals surface area (Å²) in [4.78, 5) is 17.8. The average molecular weight is 361 g/mol. The molecule has 0 saturated carbocycles. The molecule has 1 amide bonds. The molecule has 1 aromatic carbocycles. The van der Waals surface area contributed by atoms with E-state index in [1.807, 2.05) is 6.92 Å². The van der Waals surface area contributed by atoms with Crippen LogP contribution in [0, 0.1) is 0 Å². The number of rotatable bonds is 6. The van der Waals surface area contributed by atoms with Crippen molar-refractivity contribution in [3.05, 3.63) is 35.4 Å². The minimum Gasteiger partial charge on any atom is -0.450 e. The molecule has 2 rings (SSSR count). The SMILES string of the molecule is CCOC(=O)N1CCC(NC(=NC)NCCc2ccc(CC)cc2)CC1. The Morgan fingerprint density at radius 1 is 1.19 bits per heavy atom. The first-order valence-corrected chi connectivity index (χ1v) is 9.63. The molecule has 1 aromatic rings. The lowest BCUT2D eigenvalue weighted by Crippen LogP contribution is -2.50. The molecule has 0 radical (unpaired) electrons. The van der Waals surface area contributed by atoms with E-state index in [1.54, 1.807) is 11.9 Å². The highest BCUT2D eigenvalue weighted by molar-refractivity contribution is 5.80. The summed E-state index contributed by atoms with van der Waals surface area (Å²) in [5.74, 6) is 0.824. The van der Waals surface area contributed by atoms with Crippen LogP contribution in [0.3, 0.4) is 0 Å². The first-order valence-electron chi connectivity index (χ1n) is 9.63. The zero-order chi connectivity index (χ0) is 18.8. The summed E-state index contributed by atoms with van der Waals surface area (Å²) < 4.78 is 5.06. The molecule has 26 heavy (non-hydrogen) atoms. The monoisotopic (exact) mass is 360 g/mol. The first-order chi connectivity index (χ1) is 12.7. The Hall–Kier alpha value is -2.24. The van der Waals surface area contributed by atoms with Gasteiger partial charge in [0.05, 0.1) is 6.61 Å². The molecule has 1 saturated heterocycles. The third kappa shape index (κ3) is 6.24. The van der Waals surface area contributed by atoms with E-state index >= 15 is 0 Å². The van der Waals surface area contributed by atoms with Gasteiger partial charge < -0.3 is 20.3 Å². The van der Waals surface area contributed by atoms with E-state index in [4.69, 9.17) is 4.74 Å². The summed E-state index contributed by atoms with van der Waals surface area (Å²) in [6.45, 7) is 6.71. The average Bonchev–Trinajstić information content (AvgIpc) is 2.68. The Morgan fingerprint density at radius 3 is 2.42 bits per heavy atom. The lowest BCUT2D eigenvalue weighted by atomic mass is 10.1. The first kappa shape index (κ1) is 20.1. The van der Waals surface area contributed by atoms with Gasteiger partial charge in [0.1, 0.15) is 0 Å². The Morgan fingerprint density at radius 2 is 1.85 bits per heavy atom. The zero-order valence-electron chi connectivity index (χ0n) is 16.3. The van der Waals surface area contributed by atoms with Crippen molar-refractivity contribution in [2.45, 2.75) is 45.6 Å². The van der Waals surface area contributed by atoms with Crippen molar-refractivity contribution in [2.24, 2.45) is 4.99 Å². The summed E-state index contributed by atoms with van der Waals surface area (Å²) in [6, 6.07) is 9.11. The van der Waals surface area contributed by atoms with Gasteiger partial charge in [-0.25, -0.2) is 4.79 Å². The van der Waals surface area contributed by atoms with Gasteiger partial charge in [0.15, 0.2) is 5.96 Å². The minimum atomic E-state index is -0.206. The third-order valence-corrected chi connectivity index (χ3v) is 4.72. The van der Waals surface area contributed by atoms with E-state index in [0.717, 1.165) is 51.3 Å². The number of guanidine groups is 1. The predicted octanol–water partition coefficient (Wildman–Crippen LogP) is 2.58. The van der Waals surface area contributed by atoms with E-state index in [9.17, 15) is 4.79 Å². The fraction of sp³-hybridized carbons (Fsp3) is 0.600. The highest BCUT2D eigenvalue weighted by atomic mass is 16.6. The molecule has 1 aliphatic rings. The number of piperidine rings is 1. The summed E-state index contributed by atoms with van der Waals surface area (Å²) in [6.07, 6.45) is 3.63. The molecule has 0 spiro atoms. The lowest BCUT2D eigenvalue weighted by Gasteiger charge is -2.32. The molecule has 2 N–H and O–H groups in total. The third-order valence-electron chi connectivity index (χ3n) is 4.72. The van der Waals surface area contributed by atoms with Crippen molar-refractivity contribution in [2.75, 3.05) is 33.3 Å². The van der Waals surface area contributed by atoms with E-state index < -0.39 is 0 Å². The normalized spacial score (nSPS) is 15.7. The van der Waals surface area contributed by atoms with Gasteiger partial charge in [-0.2, -0.15) is 0 Å². The maximum absolute atomic E-state index is 11.7. The number of carbonyl (C=O) groups is 1.